The molecule has 5 nitrogen and oxygen atoms in total. The third kappa shape index (κ3) is 5.59. The first kappa shape index (κ1) is 19.6. The Labute approximate surface area is 148 Å². The van der Waals surface area contributed by atoms with Crippen molar-refractivity contribution in [1.29, 1.82) is 0 Å². The Balaban J connectivity index is 2.70. The number of guanidine groups is 1. The second-order valence-corrected chi connectivity index (χ2v) is 6.78. The van der Waals surface area contributed by atoms with Crippen LogP contribution in [-0.4, -0.2) is 44.5 Å². The van der Waals surface area contributed by atoms with Crippen LogP contribution in [0.4, 0.5) is 0 Å². The topological polar surface area (TPSA) is 56.7 Å². The summed E-state index contributed by atoms with van der Waals surface area (Å²) in [5, 5.41) is 6.96. The second kappa shape index (κ2) is 8.41. The van der Waals surface area contributed by atoms with E-state index >= 15 is 0 Å². The average molecular weight is 359 g/mol. The number of hydrogen-bond acceptors (Lipinski definition) is 2. The van der Waals surface area contributed by atoms with Gasteiger partial charge in [-0.05, 0) is 31.5 Å². The maximum atomic E-state index is 11.8. The number of halogens is 2. The van der Waals surface area contributed by atoms with Gasteiger partial charge in [-0.25, -0.2) is 0 Å². The number of carbonyl (C=O) groups is 1. The first-order valence-corrected chi connectivity index (χ1v) is 8.04. The Morgan fingerprint density at radius 2 is 1.96 bits per heavy atom. The molecule has 2 N–H and O–H groups in total. The van der Waals surface area contributed by atoms with E-state index in [2.05, 4.69) is 15.6 Å². The number of benzene rings is 1. The Kier molecular flexibility index (Phi) is 7.16. The van der Waals surface area contributed by atoms with Crippen LogP contribution in [0.3, 0.4) is 0 Å². The first-order valence-electron chi connectivity index (χ1n) is 7.29. The summed E-state index contributed by atoms with van der Waals surface area (Å²) < 4.78 is 0. The molecule has 0 aliphatic heterocycles. The number of carbonyl (C=O) groups excluding carboxylic acids is 1. The van der Waals surface area contributed by atoms with E-state index in [4.69, 9.17) is 23.2 Å². The molecule has 23 heavy (non-hydrogen) atoms. The summed E-state index contributed by atoms with van der Waals surface area (Å²) >= 11 is 12.0. The monoisotopic (exact) mass is 358 g/mol. The zero-order chi connectivity index (χ0) is 17.6. The van der Waals surface area contributed by atoms with Crippen LogP contribution in [0.2, 0.25) is 10.0 Å². The highest BCUT2D eigenvalue weighted by Gasteiger charge is 2.27. The lowest BCUT2D eigenvalue weighted by Gasteiger charge is -2.27. The molecule has 0 fully saturated rings. The highest BCUT2D eigenvalue weighted by molar-refractivity contribution is 6.42. The van der Waals surface area contributed by atoms with Crippen molar-refractivity contribution in [2.75, 3.05) is 27.7 Å². The summed E-state index contributed by atoms with van der Waals surface area (Å²) in [6, 6.07) is 5.53. The molecule has 1 aromatic rings. The molecule has 1 rings (SSSR count). The molecule has 128 valence electrons. The van der Waals surface area contributed by atoms with Crippen LogP contribution < -0.4 is 10.6 Å². The molecule has 0 unspecified atom stereocenters. The number of aliphatic imine (C=N–C) groups is 1. The Bertz CT molecular complexity index is 587. The van der Waals surface area contributed by atoms with Gasteiger partial charge in [-0.2, -0.15) is 0 Å². The van der Waals surface area contributed by atoms with E-state index in [0.717, 1.165) is 5.56 Å². The molecule has 0 aromatic heterocycles. The van der Waals surface area contributed by atoms with Gasteiger partial charge >= 0.3 is 0 Å². The molecule has 1 amide bonds. The van der Waals surface area contributed by atoms with Crippen LogP contribution in [0.5, 0.6) is 0 Å². The highest BCUT2D eigenvalue weighted by atomic mass is 35.5. The van der Waals surface area contributed by atoms with E-state index in [9.17, 15) is 4.79 Å². The molecule has 0 atom stereocenters. The normalized spacial score (nSPS) is 12.0. The van der Waals surface area contributed by atoms with Crippen molar-refractivity contribution in [2.45, 2.75) is 20.4 Å². The van der Waals surface area contributed by atoms with Gasteiger partial charge in [0.25, 0.3) is 0 Å². The Hall–Kier alpha value is -1.46. The second-order valence-electron chi connectivity index (χ2n) is 5.97. The number of hydrogen-bond donors (Lipinski definition) is 2. The van der Waals surface area contributed by atoms with E-state index in [1.54, 1.807) is 20.2 Å². The third-order valence-electron chi connectivity index (χ3n) is 3.51. The lowest BCUT2D eigenvalue weighted by Crippen LogP contribution is -2.47. The van der Waals surface area contributed by atoms with Crippen molar-refractivity contribution in [3.63, 3.8) is 0 Å². The lowest BCUT2D eigenvalue weighted by atomic mass is 9.92. The molecule has 0 aliphatic carbocycles. The van der Waals surface area contributed by atoms with Gasteiger partial charge in [-0.1, -0.05) is 29.3 Å². The van der Waals surface area contributed by atoms with Crippen molar-refractivity contribution >= 4 is 35.1 Å². The zero-order valence-electron chi connectivity index (χ0n) is 14.2. The number of nitrogens with zero attached hydrogens (tertiary/aromatic N) is 2. The fourth-order valence-electron chi connectivity index (χ4n) is 2.09. The molecule has 0 heterocycles. The predicted octanol–water partition coefficient (Wildman–Crippen LogP) is 2.77. The molecule has 0 spiro atoms. The van der Waals surface area contributed by atoms with Crippen LogP contribution in [0.1, 0.15) is 19.4 Å². The van der Waals surface area contributed by atoms with E-state index in [1.807, 2.05) is 37.9 Å². The molecule has 0 saturated heterocycles. The zero-order valence-corrected chi connectivity index (χ0v) is 15.7. The molecular weight excluding hydrogens is 335 g/mol. The summed E-state index contributed by atoms with van der Waals surface area (Å²) in [4.78, 5) is 18.0. The summed E-state index contributed by atoms with van der Waals surface area (Å²) in [6.07, 6.45) is 0. The number of rotatable bonds is 5. The Morgan fingerprint density at radius 3 is 2.48 bits per heavy atom. The van der Waals surface area contributed by atoms with Crippen LogP contribution in [-0.2, 0) is 11.3 Å². The predicted molar refractivity (Wildman–Crippen MR) is 97.1 cm³/mol. The molecule has 0 aliphatic rings. The quantitative estimate of drug-likeness (QED) is 0.628. The van der Waals surface area contributed by atoms with Crippen molar-refractivity contribution in [2.24, 2.45) is 10.4 Å². The molecule has 0 saturated carbocycles. The summed E-state index contributed by atoms with van der Waals surface area (Å²) in [5.41, 5.74) is 0.491. The first-order chi connectivity index (χ1) is 10.7. The van der Waals surface area contributed by atoms with Crippen molar-refractivity contribution in [3.8, 4) is 0 Å². The fraction of sp³-hybridized carbons (Fsp3) is 0.500. The molecule has 0 radical (unpaired) electrons. The smallest absolute Gasteiger partial charge is 0.227 e. The maximum Gasteiger partial charge on any atom is 0.227 e. The minimum Gasteiger partial charge on any atom is -0.359 e. The molecule has 0 bridgehead atoms. The van der Waals surface area contributed by atoms with Crippen molar-refractivity contribution in [1.82, 2.24) is 15.5 Å². The minimum absolute atomic E-state index is 0.0208. The van der Waals surface area contributed by atoms with Crippen molar-refractivity contribution < 1.29 is 4.79 Å². The largest absolute Gasteiger partial charge is 0.359 e. The Morgan fingerprint density at radius 1 is 1.30 bits per heavy atom. The van der Waals surface area contributed by atoms with Gasteiger partial charge in [0.1, 0.15) is 0 Å². The van der Waals surface area contributed by atoms with E-state index in [1.165, 1.54) is 0 Å². The van der Waals surface area contributed by atoms with Gasteiger partial charge in [-0.15, -0.1) is 0 Å². The van der Waals surface area contributed by atoms with Crippen LogP contribution in [0.15, 0.2) is 23.2 Å². The molecular formula is C16H24Cl2N4O. The fourth-order valence-corrected chi connectivity index (χ4v) is 2.41. The third-order valence-corrected chi connectivity index (χ3v) is 4.25. The average Bonchev–Trinajstić information content (AvgIpc) is 2.50. The van der Waals surface area contributed by atoms with Crippen LogP contribution >= 0.6 is 23.2 Å². The van der Waals surface area contributed by atoms with Crippen molar-refractivity contribution in [3.05, 3.63) is 33.8 Å². The molecule has 1 aromatic carbocycles. The SMILES string of the molecule is CN=C(NCC(C)(C)C(=O)NC)N(C)Cc1ccc(Cl)c(Cl)c1. The standard InChI is InChI=1S/C16H24Cl2N4O/c1-16(2,14(23)19-3)10-21-15(20-4)22(5)9-11-6-7-12(17)13(18)8-11/h6-8H,9-10H2,1-5H3,(H,19,23)(H,20,21). The van der Waals surface area contributed by atoms with Gasteiger partial charge in [0, 0.05) is 34.2 Å². The maximum absolute atomic E-state index is 11.8. The van der Waals surface area contributed by atoms with Gasteiger partial charge < -0.3 is 15.5 Å². The van der Waals surface area contributed by atoms with E-state index in [0.29, 0.717) is 29.1 Å². The van der Waals surface area contributed by atoms with Gasteiger partial charge in [0.2, 0.25) is 5.91 Å². The van der Waals surface area contributed by atoms with Gasteiger partial charge in [0.05, 0.1) is 15.5 Å². The van der Waals surface area contributed by atoms with Crippen LogP contribution in [0.25, 0.3) is 0 Å². The number of amides is 1. The summed E-state index contributed by atoms with van der Waals surface area (Å²) in [5.74, 6) is 0.681. The summed E-state index contributed by atoms with van der Waals surface area (Å²) in [7, 11) is 5.26. The minimum atomic E-state index is -0.533. The highest BCUT2D eigenvalue weighted by Crippen LogP contribution is 2.23. The van der Waals surface area contributed by atoms with E-state index < -0.39 is 5.41 Å². The lowest BCUT2D eigenvalue weighted by molar-refractivity contribution is -0.128. The van der Waals surface area contributed by atoms with Crippen LogP contribution in [0, 0.1) is 5.41 Å². The van der Waals surface area contributed by atoms with Gasteiger partial charge in [0.15, 0.2) is 5.96 Å². The molecule has 7 heteroatoms. The van der Waals surface area contributed by atoms with Gasteiger partial charge in [-0.3, -0.25) is 9.79 Å². The summed E-state index contributed by atoms with van der Waals surface area (Å²) in [6.45, 7) is 4.86. The van der Waals surface area contributed by atoms with E-state index in [-0.39, 0.29) is 5.91 Å². The number of nitrogens with one attached hydrogen (secondary N) is 2.